The lowest BCUT2D eigenvalue weighted by atomic mass is 10.2. The molecule has 5 nitrogen and oxygen atoms in total. The van der Waals surface area contributed by atoms with Crippen molar-refractivity contribution in [1.82, 2.24) is 13.9 Å². The largest absolute Gasteiger partial charge is 0.342 e. The molecular formula is C29H24BrN3O2S2. The van der Waals surface area contributed by atoms with Crippen LogP contribution in [0, 0.1) is 6.92 Å². The van der Waals surface area contributed by atoms with Gasteiger partial charge < -0.3 is 4.57 Å². The molecular weight excluding hydrogens is 566 g/mol. The summed E-state index contributed by atoms with van der Waals surface area (Å²) in [6.07, 6.45) is 4.00. The van der Waals surface area contributed by atoms with Crippen molar-refractivity contribution in [2.24, 2.45) is 0 Å². The summed E-state index contributed by atoms with van der Waals surface area (Å²) in [5.74, 6) is 0. The molecule has 0 amide bonds. The van der Waals surface area contributed by atoms with Gasteiger partial charge in [0.2, 0.25) is 10.0 Å². The van der Waals surface area contributed by atoms with E-state index in [1.54, 1.807) is 23.9 Å². The Bertz CT molecular complexity index is 1720. The van der Waals surface area contributed by atoms with E-state index in [2.05, 4.69) is 74.1 Å². The fraction of sp³-hybridized carbons (Fsp3) is 0.138. The van der Waals surface area contributed by atoms with Gasteiger partial charge in [0.25, 0.3) is 0 Å². The van der Waals surface area contributed by atoms with E-state index in [0.717, 1.165) is 48.5 Å². The number of aryl methyl sites for hydroxylation is 1. The third-order valence-corrected chi connectivity index (χ3v) is 9.90. The van der Waals surface area contributed by atoms with Crippen molar-refractivity contribution < 1.29 is 8.42 Å². The summed E-state index contributed by atoms with van der Waals surface area (Å²) in [6, 6.07) is 25.8. The number of sulfonamides is 1. The van der Waals surface area contributed by atoms with Gasteiger partial charge in [0.05, 0.1) is 4.90 Å². The molecule has 0 unspecified atom stereocenters. The molecule has 0 fully saturated rings. The van der Waals surface area contributed by atoms with Gasteiger partial charge in [0, 0.05) is 52.3 Å². The lowest BCUT2D eigenvalue weighted by molar-refractivity contribution is 0.431. The minimum Gasteiger partial charge on any atom is -0.342 e. The Kier molecular flexibility index (Phi) is 6.44. The second-order valence-electron chi connectivity index (χ2n) is 9.25. The maximum absolute atomic E-state index is 13.2. The fourth-order valence-electron chi connectivity index (χ4n) is 4.66. The van der Waals surface area contributed by atoms with Gasteiger partial charge in [-0.25, -0.2) is 13.4 Å². The van der Waals surface area contributed by atoms with E-state index in [9.17, 15) is 8.42 Å². The molecule has 0 aliphatic carbocycles. The first-order chi connectivity index (χ1) is 17.9. The zero-order chi connectivity index (χ0) is 25.6. The molecule has 0 saturated heterocycles. The number of fused-ring (bicyclic) bond motifs is 2. The number of aromatic nitrogens is 2. The number of halogens is 1. The average Bonchev–Trinajstić information content (AvgIpc) is 3.46. The zero-order valence-electron chi connectivity index (χ0n) is 20.1. The topological polar surface area (TPSA) is 55.2 Å². The van der Waals surface area contributed by atoms with Crippen molar-refractivity contribution in [2.75, 3.05) is 0 Å². The van der Waals surface area contributed by atoms with Crippen LogP contribution in [-0.2, 0) is 29.7 Å². The second-order valence-corrected chi connectivity index (χ2v) is 13.2. The Morgan fingerprint density at radius 2 is 1.70 bits per heavy atom. The van der Waals surface area contributed by atoms with Crippen LogP contribution < -0.4 is 0 Å². The van der Waals surface area contributed by atoms with E-state index < -0.39 is 10.0 Å². The molecule has 1 aliphatic heterocycles. The molecule has 37 heavy (non-hydrogen) atoms. The highest BCUT2D eigenvalue weighted by Gasteiger charge is 2.31. The Morgan fingerprint density at radius 1 is 0.946 bits per heavy atom. The molecule has 0 radical (unpaired) electrons. The number of hydrogen-bond donors (Lipinski definition) is 0. The fourth-order valence-corrected chi connectivity index (χ4v) is 7.40. The summed E-state index contributed by atoms with van der Waals surface area (Å²) in [4.78, 5) is 6.13. The van der Waals surface area contributed by atoms with Gasteiger partial charge in [-0.1, -0.05) is 75.7 Å². The van der Waals surface area contributed by atoms with Crippen molar-refractivity contribution >= 4 is 48.6 Å². The summed E-state index contributed by atoms with van der Waals surface area (Å²) < 4.78 is 31.3. The van der Waals surface area contributed by atoms with Crippen LogP contribution >= 0.6 is 27.7 Å². The van der Waals surface area contributed by atoms with Crippen LogP contribution in [0.5, 0.6) is 0 Å². The van der Waals surface area contributed by atoms with Crippen LogP contribution in [0.1, 0.15) is 22.3 Å². The Hall–Kier alpha value is -2.91. The van der Waals surface area contributed by atoms with Crippen LogP contribution in [0.25, 0.3) is 10.9 Å². The number of nitrogens with zero attached hydrogens (tertiary/aromatic N) is 3. The van der Waals surface area contributed by atoms with Gasteiger partial charge in [-0.3, -0.25) is 0 Å². The zero-order valence-corrected chi connectivity index (χ0v) is 23.4. The van der Waals surface area contributed by atoms with Crippen LogP contribution in [-0.4, -0.2) is 22.3 Å². The average molecular weight is 591 g/mol. The molecule has 1 aliphatic rings. The molecule has 0 N–H and O–H groups in total. The third-order valence-electron chi connectivity index (χ3n) is 6.63. The molecule has 0 saturated carbocycles. The second kappa shape index (κ2) is 9.76. The highest BCUT2D eigenvalue weighted by atomic mass is 79.9. The van der Waals surface area contributed by atoms with Crippen molar-refractivity contribution in [3.05, 3.63) is 118 Å². The predicted octanol–water partition coefficient (Wildman–Crippen LogP) is 7.01. The predicted molar refractivity (Wildman–Crippen MR) is 151 cm³/mol. The van der Waals surface area contributed by atoms with Crippen molar-refractivity contribution in [2.45, 2.75) is 41.4 Å². The van der Waals surface area contributed by atoms with Crippen molar-refractivity contribution in [3.63, 3.8) is 0 Å². The first-order valence-electron chi connectivity index (χ1n) is 11.9. The normalized spacial score (nSPS) is 13.8. The van der Waals surface area contributed by atoms with Crippen LogP contribution in [0.3, 0.4) is 0 Å². The lowest BCUT2D eigenvalue weighted by Gasteiger charge is -2.15. The quantitative estimate of drug-likeness (QED) is 0.214. The standard InChI is InChI=1S/C29H24BrN3O2S2/c1-20-7-10-25(11-8-20)37(34,35)33-17-22-13-29(31-15-23(22)18-33)36-28-19-32(16-21-5-3-2-4-6-21)27-12-9-24(30)14-26(27)28/h2-15,19H,16-18H2,1H3. The molecule has 3 aromatic carbocycles. The smallest absolute Gasteiger partial charge is 0.243 e. The van der Waals surface area contributed by atoms with Crippen LogP contribution in [0.4, 0.5) is 0 Å². The number of pyridine rings is 1. The van der Waals surface area contributed by atoms with Gasteiger partial charge in [-0.05, 0) is 60.0 Å². The minimum absolute atomic E-state index is 0.324. The first kappa shape index (κ1) is 24.4. The van der Waals surface area contributed by atoms with Gasteiger partial charge in [0.1, 0.15) is 5.03 Å². The molecule has 2 aromatic heterocycles. The van der Waals surface area contributed by atoms with Gasteiger partial charge in [0.15, 0.2) is 0 Å². The Balaban J connectivity index is 1.28. The Morgan fingerprint density at radius 3 is 2.49 bits per heavy atom. The monoisotopic (exact) mass is 589 g/mol. The number of benzene rings is 3. The minimum atomic E-state index is -3.56. The molecule has 0 bridgehead atoms. The number of rotatable bonds is 6. The Labute approximate surface area is 229 Å². The molecule has 5 aromatic rings. The number of hydrogen-bond acceptors (Lipinski definition) is 4. The summed E-state index contributed by atoms with van der Waals surface area (Å²) in [7, 11) is -3.56. The molecule has 0 atom stereocenters. The maximum Gasteiger partial charge on any atom is 0.243 e. The van der Waals surface area contributed by atoms with Gasteiger partial charge >= 0.3 is 0 Å². The molecule has 6 rings (SSSR count). The molecule has 8 heteroatoms. The van der Waals surface area contributed by atoms with Gasteiger partial charge in [-0.15, -0.1) is 0 Å². The molecule has 186 valence electrons. The van der Waals surface area contributed by atoms with E-state index >= 15 is 0 Å². The maximum atomic E-state index is 13.2. The third kappa shape index (κ3) is 4.86. The van der Waals surface area contributed by atoms with Crippen LogP contribution in [0.2, 0.25) is 0 Å². The highest BCUT2D eigenvalue weighted by molar-refractivity contribution is 9.10. The van der Waals surface area contributed by atoms with Gasteiger partial charge in [-0.2, -0.15) is 4.31 Å². The highest BCUT2D eigenvalue weighted by Crippen LogP contribution is 2.38. The molecule has 0 spiro atoms. The van der Waals surface area contributed by atoms with E-state index in [0.29, 0.717) is 18.0 Å². The van der Waals surface area contributed by atoms with Crippen LogP contribution in [0.15, 0.2) is 111 Å². The first-order valence-corrected chi connectivity index (χ1v) is 15.0. The summed E-state index contributed by atoms with van der Waals surface area (Å²) >= 11 is 5.23. The van der Waals surface area contributed by atoms with E-state index in [-0.39, 0.29) is 0 Å². The van der Waals surface area contributed by atoms with Crippen molar-refractivity contribution in [1.29, 1.82) is 0 Å². The summed E-state index contributed by atoms with van der Waals surface area (Å²) in [5, 5.41) is 2.01. The van der Waals surface area contributed by atoms with E-state index in [4.69, 9.17) is 0 Å². The summed E-state index contributed by atoms with van der Waals surface area (Å²) in [5.41, 5.74) is 5.39. The van der Waals surface area contributed by atoms with E-state index in [1.165, 1.54) is 9.87 Å². The lowest BCUT2D eigenvalue weighted by Crippen LogP contribution is -2.25. The SMILES string of the molecule is Cc1ccc(S(=O)(=O)N2Cc3cnc(Sc4cn(Cc5ccccc5)c5ccc(Br)cc45)cc3C2)cc1. The van der Waals surface area contributed by atoms with E-state index in [1.807, 2.05) is 37.4 Å². The summed E-state index contributed by atoms with van der Waals surface area (Å²) in [6.45, 7) is 3.42. The molecule has 3 heterocycles. The van der Waals surface area contributed by atoms with Crippen molar-refractivity contribution in [3.8, 4) is 0 Å².